The molecule has 0 radical (unpaired) electrons. The molecule has 2 aromatic rings. The molecule has 2 N–H and O–H groups in total. The molecular weight excluding hydrogens is 370 g/mol. The minimum Gasteiger partial charge on any atom is -0.383 e. The van der Waals surface area contributed by atoms with Crippen LogP contribution in [0.2, 0.25) is 0 Å². The first kappa shape index (κ1) is 19.7. The van der Waals surface area contributed by atoms with Crippen LogP contribution in [0, 0.1) is 22.7 Å². The third kappa shape index (κ3) is 3.67. The number of para-hydroxylation sites is 1. The number of benzene rings is 1. The number of aromatic nitrogens is 1. The summed E-state index contributed by atoms with van der Waals surface area (Å²) in [6.45, 7) is 4.53. The molecule has 0 aliphatic carbocycles. The van der Waals surface area contributed by atoms with Gasteiger partial charge in [-0.2, -0.15) is 10.5 Å². The van der Waals surface area contributed by atoms with Crippen molar-refractivity contribution in [1.82, 2.24) is 4.98 Å². The lowest BCUT2D eigenvalue weighted by Crippen LogP contribution is -2.29. The minimum absolute atomic E-state index is 0.0308. The molecule has 0 fully saturated rings. The van der Waals surface area contributed by atoms with Gasteiger partial charge in [0.2, 0.25) is 5.91 Å². The summed E-state index contributed by atoms with van der Waals surface area (Å²) < 4.78 is 0. The van der Waals surface area contributed by atoms with Gasteiger partial charge in [0.25, 0.3) is 0 Å². The van der Waals surface area contributed by atoms with Crippen molar-refractivity contribution >= 4 is 29.2 Å². The van der Waals surface area contributed by atoms with E-state index in [1.807, 2.05) is 43.0 Å². The molecule has 6 nitrogen and oxygen atoms in total. The van der Waals surface area contributed by atoms with Crippen LogP contribution in [0.25, 0.3) is 0 Å². The van der Waals surface area contributed by atoms with Crippen LogP contribution in [0.3, 0.4) is 0 Å². The zero-order valence-corrected chi connectivity index (χ0v) is 16.7. The molecule has 3 rings (SSSR count). The maximum absolute atomic E-state index is 12.7. The van der Waals surface area contributed by atoms with Crippen molar-refractivity contribution in [2.75, 3.05) is 22.9 Å². The SMILES string of the molecule is CC(C)c1c(C#N)c(N)nc(SCCC(=O)N2CCc3ccccc32)c1C#N. The van der Waals surface area contributed by atoms with Crippen molar-refractivity contribution in [3.63, 3.8) is 0 Å². The van der Waals surface area contributed by atoms with Gasteiger partial charge in [-0.1, -0.05) is 32.0 Å². The Hall–Kier alpha value is -3.03. The first-order chi connectivity index (χ1) is 13.5. The van der Waals surface area contributed by atoms with E-state index in [-0.39, 0.29) is 23.2 Å². The van der Waals surface area contributed by atoms with Gasteiger partial charge in [0.05, 0.1) is 11.1 Å². The average Bonchev–Trinajstić information content (AvgIpc) is 3.11. The number of hydrogen-bond acceptors (Lipinski definition) is 6. The number of carbonyl (C=O) groups is 1. The van der Waals surface area contributed by atoms with Crippen molar-refractivity contribution in [3.05, 3.63) is 46.5 Å². The Morgan fingerprint density at radius 2 is 2.00 bits per heavy atom. The molecule has 28 heavy (non-hydrogen) atoms. The maximum atomic E-state index is 12.7. The lowest BCUT2D eigenvalue weighted by atomic mass is 9.94. The summed E-state index contributed by atoms with van der Waals surface area (Å²) in [5.74, 6) is 0.646. The first-order valence-electron chi connectivity index (χ1n) is 9.12. The predicted molar refractivity (Wildman–Crippen MR) is 110 cm³/mol. The molecule has 1 aromatic carbocycles. The predicted octanol–water partition coefficient (Wildman–Crippen LogP) is 3.60. The van der Waals surface area contributed by atoms with E-state index in [4.69, 9.17) is 5.73 Å². The van der Waals surface area contributed by atoms with Gasteiger partial charge in [-0.3, -0.25) is 4.79 Å². The molecule has 0 atom stereocenters. The average molecular weight is 392 g/mol. The number of hydrogen-bond donors (Lipinski definition) is 1. The fourth-order valence-electron chi connectivity index (χ4n) is 3.47. The highest BCUT2D eigenvalue weighted by Crippen LogP contribution is 2.34. The van der Waals surface area contributed by atoms with Gasteiger partial charge in [0.15, 0.2) is 0 Å². The highest BCUT2D eigenvalue weighted by molar-refractivity contribution is 7.99. The van der Waals surface area contributed by atoms with Crippen LogP contribution in [-0.2, 0) is 11.2 Å². The molecule has 7 heteroatoms. The van der Waals surface area contributed by atoms with Crippen LogP contribution < -0.4 is 10.6 Å². The number of nitriles is 2. The Morgan fingerprint density at radius 1 is 1.29 bits per heavy atom. The highest BCUT2D eigenvalue weighted by Gasteiger charge is 2.25. The lowest BCUT2D eigenvalue weighted by Gasteiger charge is -2.18. The van der Waals surface area contributed by atoms with Crippen LogP contribution in [0.1, 0.15) is 48.4 Å². The standard InChI is InChI=1S/C21H21N5OS/c1-13(2)19-15(11-22)20(24)25-21(16(19)12-23)28-10-8-18(27)26-9-7-14-5-3-4-6-17(14)26/h3-6,13H,7-10H2,1-2H3,(H2,24,25). The van der Waals surface area contributed by atoms with Gasteiger partial charge in [-0.05, 0) is 29.5 Å². The second-order valence-electron chi connectivity index (χ2n) is 6.87. The van der Waals surface area contributed by atoms with Gasteiger partial charge in [-0.25, -0.2) is 4.98 Å². The summed E-state index contributed by atoms with van der Waals surface area (Å²) in [7, 11) is 0. The van der Waals surface area contributed by atoms with E-state index in [0.29, 0.717) is 34.9 Å². The third-order valence-corrected chi connectivity index (χ3v) is 5.75. The molecule has 142 valence electrons. The van der Waals surface area contributed by atoms with E-state index in [1.54, 1.807) is 0 Å². The normalized spacial score (nSPS) is 12.5. The summed E-state index contributed by atoms with van der Waals surface area (Å²) in [4.78, 5) is 18.7. The van der Waals surface area contributed by atoms with E-state index < -0.39 is 0 Å². The third-order valence-electron chi connectivity index (χ3n) is 4.77. The fourth-order valence-corrected chi connectivity index (χ4v) is 4.41. The van der Waals surface area contributed by atoms with Crippen molar-refractivity contribution in [3.8, 4) is 12.1 Å². The zero-order valence-electron chi connectivity index (χ0n) is 15.9. The van der Waals surface area contributed by atoms with E-state index in [9.17, 15) is 15.3 Å². The Kier molecular flexibility index (Phi) is 5.87. The quantitative estimate of drug-likeness (QED) is 0.780. The first-order valence-corrected chi connectivity index (χ1v) is 10.1. The summed E-state index contributed by atoms with van der Waals surface area (Å²) in [5.41, 5.74) is 9.39. The molecule has 0 saturated heterocycles. The van der Waals surface area contributed by atoms with Gasteiger partial charge >= 0.3 is 0 Å². The number of nitrogen functional groups attached to an aromatic ring is 1. The van der Waals surface area contributed by atoms with Crippen molar-refractivity contribution in [2.45, 2.75) is 37.6 Å². The topological polar surface area (TPSA) is 107 Å². The number of anilines is 2. The maximum Gasteiger partial charge on any atom is 0.227 e. The zero-order chi connectivity index (χ0) is 20.3. The van der Waals surface area contributed by atoms with Crippen molar-refractivity contribution in [1.29, 1.82) is 10.5 Å². The molecule has 0 unspecified atom stereocenters. The number of nitrogens with zero attached hydrogens (tertiary/aromatic N) is 4. The number of nitrogens with two attached hydrogens (primary N) is 1. The summed E-state index contributed by atoms with van der Waals surface area (Å²) in [6, 6.07) is 12.2. The number of thioether (sulfide) groups is 1. The summed E-state index contributed by atoms with van der Waals surface area (Å²) >= 11 is 1.33. The summed E-state index contributed by atoms with van der Waals surface area (Å²) in [6.07, 6.45) is 1.21. The molecule has 0 spiro atoms. The van der Waals surface area contributed by atoms with Crippen LogP contribution in [0.15, 0.2) is 29.3 Å². The smallest absolute Gasteiger partial charge is 0.227 e. The molecule has 0 saturated carbocycles. The molecule has 0 bridgehead atoms. The number of rotatable bonds is 5. The van der Waals surface area contributed by atoms with Crippen LogP contribution >= 0.6 is 11.8 Å². The molecular formula is C21H21N5OS. The Balaban J connectivity index is 1.75. The Bertz CT molecular complexity index is 1000. The van der Waals surface area contributed by atoms with E-state index in [0.717, 1.165) is 12.1 Å². The van der Waals surface area contributed by atoms with Gasteiger partial charge in [0, 0.05) is 24.4 Å². The number of pyridine rings is 1. The lowest BCUT2D eigenvalue weighted by molar-refractivity contribution is -0.118. The molecule has 2 heterocycles. The van der Waals surface area contributed by atoms with E-state index in [1.165, 1.54) is 17.3 Å². The number of amides is 1. The van der Waals surface area contributed by atoms with Gasteiger partial charge in [-0.15, -0.1) is 11.8 Å². The Morgan fingerprint density at radius 3 is 2.68 bits per heavy atom. The Labute approximate surface area is 169 Å². The van der Waals surface area contributed by atoms with Crippen LogP contribution in [0.5, 0.6) is 0 Å². The second kappa shape index (κ2) is 8.33. The van der Waals surface area contributed by atoms with Crippen LogP contribution in [-0.4, -0.2) is 23.2 Å². The summed E-state index contributed by atoms with van der Waals surface area (Å²) in [5, 5.41) is 19.5. The molecule has 1 aromatic heterocycles. The van der Waals surface area contributed by atoms with Gasteiger partial charge in [0.1, 0.15) is 23.0 Å². The molecule has 1 aliphatic rings. The highest BCUT2D eigenvalue weighted by atomic mass is 32.2. The van der Waals surface area contributed by atoms with Gasteiger partial charge < -0.3 is 10.6 Å². The second-order valence-corrected chi connectivity index (χ2v) is 7.95. The van der Waals surface area contributed by atoms with Crippen molar-refractivity contribution < 1.29 is 4.79 Å². The fraction of sp³-hybridized carbons (Fsp3) is 0.333. The largest absolute Gasteiger partial charge is 0.383 e. The monoisotopic (exact) mass is 391 g/mol. The van der Waals surface area contributed by atoms with E-state index in [2.05, 4.69) is 17.1 Å². The minimum atomic E-state index is -0.0308. The molecule has 1 aliphatic heterocycles. The van der Waals surface area contributed by atoms with Crippen molar-refractivity contribution in [2.24, 2.45) is 0 Å². The number of fused-ring (bicyclic) bond motifs is 1. The van der Waals surface area contributed by atoms with Crippen LogP contribution in [0.4, 0.5) is 11.5 Å². The van der Waals surface area contributed by atoms with E-state index >= 15 is 0 Å². The number of carbonyl (C=O) groups excluding carboxylic acids is 1. The molecule has 1 amide bonds.